The molecule has 5 heteroatoms. The maximum Gasteiger partial charge on any atom is 0.469 e. The lowest BCUT2D eigenvalue weighted by atomic mass is 10.1. The Labute approximate surface area is 95.5 Å². The maximum atomic E-state index is 10.5. The number of phosphoric acid groups is 1. The van der Waals surface area contributed by atoms with E-state index in [-0.39, 0.29) is 6.61 Å². The Morgan fingerprint density at radius 2 is 1.75 bits per heavy atom. The Bertz CT molecular complexity index is 355. The van der Waals surface area contributed by atoms with Crippen LogP contribution in [-0.4, -0.2) is 9.79 Å². The molecule has 0 aliphatic rings. The van der Waals surface area contributed by atoms with Crippen LogP contribution < -0.4 is 0 Å². The summed E-state index contributed by atoms with van der Waals surface area (Å²) in [6.07, 6.45) is 3.34. The molecule has 1 aromatic carbocycles. The second kappa shape index (κ2) is 6.16. The van der Waals surface area contributed by atoms with Crippen LogP contribution in [0.15, 0.2) is 24.3 Å². The van der Waals surface area contributed by atoms with Crippen molar-refractivity contribution in [2.45, 2.75) is 32.8 Å². The quantitative estimate of drug-likeness (QED) is 0.755. The number of unbranched alkanes of at least 4 members (excludes halogenated alkanes) is 1. The van der Waals surface area contributed by atoms with E-state index in [2.05, 4.69) is 11.4 Å². The molecule has 0 aromatic heterocycles. The van der Waals surface area contributed by atoms with Crippen LogP contribution in [0.1, 0.15) is 30.9 Å². The Balaban J connectivity index is 2.48. The van der Waals surface area contributed by atoms with E-state index in [4.69, 9.17) is 9.79 Å². The molecule has 0 saturated heterocycles. The van der Waals surface area contributed by atoms with Gasteiger partial charge in [-0.05, 0) is 24.0 Å². The maximum absolute atomic E-state index is 10.5. The first kappa shape index (κ1) is 13.4. The van der Waals surface area contributed by atoms with E-state index < -0.39 is 7.82 Å². The van der Waals surface area contributed by atoms with Gasteiger partial charge in [-0.15, -0.1) is 0 Å². The van der Waals surface area contributed by atoms with Gasteiger partial charge in [0.2, 0.25) is 0 Å². The summed E-state index contributed by atoms with van der Waals surface area (Å²) < 4.78 is 14.9. The summed E-state index contributed by atoms with van der Waals surface area (Å²) in [6.45, 7) is 2.08. The molecule has 0 amide bonds. The first-order valence-electron chi connectivity index (χ1n) is 5.29. The van der Waals surface area contributed by atoms with E-state index in [0.29, 0.717) is 0 Å². The summed E-state index contributed by atoms with van der Waals surface area (Å²) in [7, 11) is -4.36. The van der Waals surface area contributed by atoms with Crippen LogP contribution in [0, 0.1) is 0 Å². The zero-order valence-electron chi connectivity index (χ0n) is 9.30. The van der Waals surface area contributed by atoms with Gasteiger partial charge < -0.3 is 9.79 Å². The standard InChI is InChI=1S/C11H17O4P/c1-2-3-4-10-5-7-11(8-6-10)9-15-16(12,13)14/h5-8H,2-4,9H2,1H3,(H2,12,13,14). The van der Waals surface area contributed by atoms with E-state index in [1.165, 1.54) is 5.56 Å². The van der Waals surface area contributed by atoms with E-state index in [1.54, 1.807) is 0 Å². The largest absolute Gasteiger partial charge is 0.469 e. The molecule has 0 aliphatic carbocycles. The van der Waals surface area contributed by atoms with E-state index in [0.717, 1.165) is 24.8 Å². The van der Waals surface area contributed by atoms with Gasteiger partial charge in [-0.3, -0.25) is 4.52 Å². The van der Waals surface area contributed by atoms with Crippen LogP contribution in [0.3, 0.4) is 0 Å². The molecule has 0 spiro atoms. The average molecular weight is 244 g/mol. The van der Waals surface area contributed by atoms with Gasteiger partial charge in [0, 0.05) is 0 Å². The Morgan fingerprint density at radius 1 is 1.19 bits per heavy atom. The fourth-order valence-electron chi connectivity index (χ4n) is 1.34. The van der Waals surface area contributed by atoms with Crippen LogP contribution in [0.25, 0.3) is 0 Å². The van der Waals surface area contributed by atoms with Gasteiger partial charge in [-0.1, -0.05) is 37.6 Å². The zero-order valence-corrected chi connectivity index (χ0v) is 10.2. The van der Waals surface area contributed by atoms with Crippen molar-refractivity contribution in [3.63, 3.8) is 0 Å². The lowest BCUT2D eigenvalue weighted by Crippen LogP contribution is -1.92. The molecule has 16 heavy (non-hydrogen) atoms. The molecular weight excluding hydrogens is 227 g/mol. The molecule has 0 radical (unpaired) electrons. The molecule has 0 unspecified atom stereocenters. The highest BCUT2D eigenvalue weighted by molar-refractivity contribution is 7.46. The highest BCUT2D eigenvalue weighted by atomic mass is 31.2. The SMILES string of the molecule is CCCCc1ccc(COP(=O)(O)O)cc1. The minimum Gasteiger partial charge on any atom is -0.303 e. The number of rotatable bonds is 6. The monoisotopic (exact) mass is 244 g/mol. The Kier molecular flexibility index (Phi) is 5.16. The first-order valence-corrected chi connectivity index (χ1v) is 6.82. The van der Waals surface area contributed by atoms with E-state index >= 15 is 0 Å². The van der Waals surface area contributed by atoms with Crippen LogP contribution in [0.4, 0.5) is 0 Å². The topological polar surface area (TPSA) is 66.8 Å². The number of hydrogen-bond donors (Lipinski definition) is 2. The molecule has 0 atom stereocenters. The van der Waals surface area contributed by atoms with Crippen LogP contribution in [-0.2, 0) is 22.1 Å². The summed E-state index contributed by atoms with van der Waals surface area (Å²) in [5.74, 6) is 0. The molecule has 0 fully saturated rings. The average Bonchev–Trinajstić information content (AvgIpc) is 2.24. The Morgan fingerprint density at radius 3 is 2.25 bits per heavy atom. The van der Waals surface area contributed by atoms with E-state index in [1.807, 2.05) is 24.3 Å². The van der Waals surface area contributed by atoms with E-state index in [9.17, 15) is 4.57 Å². The highest BCUT2D eigenvalue weighted by Gasteiger charge is 2.13. The van der Waals surface area contributed by atoms with Gasteiger partial charge in [-0.2, -0.15) is 0 Å². The third-order valence-corrected chi connectivity index (χ3v) is 2.71. The summed E-state index contributed by atoms with van der Waals surface area (Å²) in [6, 6.07) is 7.60. The molecule has 0 bridgehead atoms. The number of benzene rings is 1. The fourth-order valence-corrected chi connectivity index (χ4v) is 1.66. The minimum atomic E-state index is -4.36. The van der Waals surface area contributed by atoms with Crippen LogP contribution in [0.2, 0.25) is 0 Å². The smallest absolute Gasteiger partial charge is 0.303 e. The van der Waals surface area contributed by atoms with Gasteiger partial charge in [0.25, 0.3) is 0 Å². The summed E-state index contributed by atoms with van der Waals surface area (Å²) in [4.78, 5) is 17.1. The third kappa shape index (κ3) is 5.42. The molecule has 1 aromatic rings. The van der Waals surface area contributed by atoms with Gasteiger partial charge in [0.15, 0.2) is 0 Å². The van der Waals surface area contributed by atoms with Crippen molar-refractivity contribution >= 4 is 7.82 Å². The number of hydrogen-bond acceptors (Lipinski definition) is 2. The summed E-state index contributed by atoms with van der Waals surface area (Å²) in [5.41, 5.74) is 2.00. The van der Waals surface area contributed by atoms with Gasteiger partial charge in [0.1, 0.15) is 0 Å². The molecule has 0 aliphatic heterocycles. The Hall–Kier alpha value is -0.670. The number of phosphoric ester groups is 1. The minimum absolute atomic E-state index is 0.0572. The normalized spacial score (nSPS) is 11.7. The first-order chi connectivity index (χ1) is 7.51. The second-order valence-electron chi connectivity index (χ2n) is 3.68. The number of aryl methyl sites for hydroxylation is 1. The van der Waals surface area contributed by atoms with Gasteiger partial charge in [0.05, 0.1) is 6.61 Å². The van der Waals surface area contributed by atoms with Crippen molar-refractivity contribution in [1.29, 1.82) is 0 Å². The molecule has 1 rings (SSSR count). The van der Waals surface area contributed by atoms with Crippen molar-refractivity contribution in [2.75, 3.05) is 0 Å². The summed E-state index contributed by atoms with van der Waals surface area (Å²) in [5, 5.41) is 0. The molecule has 0 saturated carbocycles. The van der Waals surface area contributed by atoms with Crippen molar-refractivity contribution in [2.24, 2.45) is 0 Å². The van der Waals surface area contributed by atoms with Crippen molar-refractivity contribution in [1.82, 2.24) is 0 Å². The molecular formula is C11H17O4P. The lowest BCUT2D eigenvalue weighted by Gasteiger charge is -2.06. The van der Waals surface area contributed by atoms with Crippen LogP contribution >= 0.6 is 7.82 Å². The summed E-state index contributed by atoms with van der Waals surface area (Å²) >= 11 is 0. The molecule has 2 N–H and O–H groups in total. The van der Waals surface area contributed by atoms with Crippen molar-refractivity contribution in [3.8, 4) is 0 Å². The zero-order chi connectivity index (χ0) is 12.0. The molecule has 90 valence electrons. The molecule has 4 nitrogen and oxygen atoms in total. The predicted octanol–water partition coefficient (Wildman–Crippen LogP) is 2.64. The fraction of sp³-hybridized carbons (Fsp3) is 0.455. The van der Waals surface area contributed by atoms with Gasteiger partial charge in [-0.25, -0.2) is 4.57 Å². The van der Waals surface area contributed by atoms with Crippen LogP contribution in [0.5, 0.6) is 0 Å². The predicted molar refractivity (Wildman–Crippen MR) is 61.9 cm³/mol. The van der Waals surface area contributed by atoms with Crippen molar-refractivity contribution in [3.05, 3.63) is 35.4 Å². The second-order valence-corrected chi connectivity index (χ2v) is 4.92. The lowest BCUT2D eigenvalue weighted by molar-refractivity contribution is 0.189. The third-order valence-electron chi connectivity index (χ3n) is 2.24. The van der Waals surface area contributed by atoms with Crippen molar-refractivity contribution < 1.29 is 18.9 Å². The van der Waals surface area contributed by atoms with Gasteiger partial charge >= 0.3 is 7.82 Å². The highest BCUT2D eigenvalue weighted by Crippen LogP contribution is 2.36. The molecule has 0 heterocycles.